The van der Waals surface area contributed by atoms with Gasteiger partial charge in [0.05, 0.1) is 12.6 Å². The molecule has 21 heavy (non-hydrogen) atoms. The van der Waals surface area contributed by atoms with E-state index in [1.807, 2.05) is 18.2 Å². The molecule has 1 aliphatic heterocycles. The van der Waals surface area contributed by atoms with Crippen LogP contribution in [-0.2, 0) is 16.0 Å². The average molecular weight is 288 g/mol. The molecule has 1 aromatic rings. The number of carbonyl (C=O) groups is 2. The van der Waals surface area contributed by atoms with Crippen LogP contribution in [0, 0.1) is 0 Å². The molecule has 0 radical (unpaired) electrons. The van der Waals surface area contributed by atoms with Crippen molar-refractivity contribution >= 4 is 11.7 Å². The van der Waals surface area contributed by atoms with Gasteiger partial charge in [-0.3, -0.25) is 9.59 Å². The molecule has 4 nitrogen and oxygen atoms in total. The topological polar surface area (TPSA) is 49.4 Å². The summed E-state index contributed by atoms with van der Waals surface area (Å²) in [5, 5.41) is 3.20. The van der Waals surface area contributed by atoms with E-state index in [0.717, 1.165) is 38.8 Å². The van der Waals surface area contributed by atoms with E-state index in [0.29, 0.717) is 6.54 Å². The molecule has 2 rings (SSSR count). The molecule has 0 aromatic heterocycles. The average Bonchev–Trinajstić information content (AvgIpc) is 2.97. The zero-order chi connectivity index (χ0) is 15.1. The molecule has 1 fully saturated rings. The third kappa shape index (κ3) is 4.67. The molecule has 1 aliphatic rings. The summed E-state index contributed by atoms with van der Waals surface area (Å²) >= 11 is 0. The number of Topliss-reactive ketones (excluding diaryl/α,β-unsaturated/α-hetero) is 1. The second-order valence-electron chi connectivity index (χ2n) is 5.60. The molecule has 1 heterocycles. The van der Waals surface area contributed by atoms with Crippen molar-refractivity contribution in [3.05, 3.63) is 35.9 Å². The highest BCUT2D eigenvalue weighted by molar-refractivity contribution is 5.90. The van der Waals surface area contributed by atoms with Gasteiger partial charge in [0.1, 0.15) is 0 Å². The SMILES string of the molecule is CC(=O)N1CCC[C@H]1C(=O)CNCCCc1ccccc1. The number of carbonyl (C=O) groups excluding carboxylic acids is 2. The Balaban J connectivity index is 1.64. The molecular weight excluding hydrogens is 264 g/mol. The number of hydrogen-bond donors (Lipinski definition) is 1. The molecule has 0 spiro atoms. The third-order valence-corrected chi connectivity index (χ3v) is 3.99. The summed E-state index contributed by atoms with van der Waals surface area (Å²) in [7, 11) is 0. The first kappa shape index (κ1) is 15.7. The van der Waals surface area contributed by atoms with Crippen LogP contribution in [-0.4, -0.2) is 42.3 Å². The maximum absolute atomic E-state index is 12.1. The number of likely N-dealkylation sites (tertiary alicyclic amines) is 1. The summed E-state index contributed by atoms with van der Waals surface area (Å²) in [6, 6.07) is 10.1. The highest BCUT2D eigenvalue weighted by atomic mass is 16.2. The smallest absolute Gasteiger partial charge is 0.220 e. The molecule has 1 amide bonds. The number of nitrogens with one attached hydrogen (secondary N) is 1. The molecule has 1 atom stereocenters. The van der Waals surface area contributed by atoms with Crippen LogP contribution in [0.15, 0.2) is 30.3 Å². The summed E-state index contributed by atoms with van der Waals surface area (Å²) in [6.45, 7) is 3.45. The van der Waals surface area contributed by atoms with Crippen LogP contribution >= 0.6 is 0 Å². The van der Waals surface area contributed by atoms with Gasteiger partial charge in [-0.2, -0.15) is 0 Å². The number of benzene rings is 1. The fraction of sp³-hybridized carbons (Fsp3) is 0.529. The van der Waals surface area contributed by atoms with Crippen LogP contribution in [0.3, 0.4) is 0 Å². The predicted octanol–water partition coefficient (Wildman–Crippen LogP) is 1.79. The van der Waals surface area contributed by atoms with E-state index in [2.05, 4.69) is 17.4 Å². The van der Waals surface area contributed by atoms with Crippen LogP contribution in [0.5, 0.6) is 0 Å². The largest absolute Gasteiger partial charge is 0.333 e. The molecule has 0 unspecified atom stereocenters. The van der Waals surface area contributed by atoms with Crippen molar-refractivity contribution in [2.24, 2.45) is 0 Å². The van der Waals surface area contributed by atoms with Crippen molar-refractivity contribution in [2.75, 3.05) is 19.6 Å². The molecule has 0 saturated carbocycles. The van der Waals surface area contributed by atoms with E-state index in [1.165, 1.54) is 5.56 Å². The molecular formula is C17H24N2O2. The van der Waals surface area contributed by atoms with E-state index < -0.39 is 0 Å². The Morgan fingerprint density at radius 1 is 1.29 bits per heavy atom. The summed E-state index contributed by atoms with van der Waals surface area (Å²) in [5.74, 6) is 0.150. The number of hydrogen-bond acceptors (Lipinski definition) is 3. The number of rotatable bonds is 7. The van der Waals surface area contributed by atoms with Crippen LogP contribution in [0.25, 0.3) is 0 Å². The summed E-state index contributed by atoms with van der Waals surface area (Å²) in [5.41, 5.74) is 1.32. The lowest BCUT2D eigenvalue weighted by molar-refractivity contribution is -0.135. The van der Waals surface area contributed by atoms with E-state index in [1.54, 1.807) is 11.8 Å². The quantitative estimate of drug-likeness (QED) is 0.778. The normalized spacial score (nSPS) is 18.0. The lowest BCUT2D eigenvalue weighted by Crippen LogP contribution is -2.43. The van der Waals surface area contributed by atoms with Gasteiger partial charge in [-0.1, -0.05) is 30.3 Å². The van der Waals surface area contributed by atoms with Crippen LogP contribution in [0.1, 0.15) is 31.7 Å². The lowest BCUT2D eigenvalue weighted by atomic mass is 10.1. The highest BCUT2D eigenvalue weighted by Gasteiger charge is 2.31. The Hall–Kier alpha value is -1.68. The van der Waals surface area contributed by atoms with Gasteiger partial charge in [0, 0.05) is 13.5 Å². The van der Waals surface area contributed by atoms with Crippen molar-refractivity contribution in [3.63, 3.8) is 0 Å². The van der Waals surface area contributed by atoms with E-state index >= 15 is 0 Å². The maximum Gasteiger partial charge on any atom is 0.220 e. The van der Waals surface area contributed by atoms with Crippen LogP contribution in [0.4, 0.5) is 0 Å². The first-order valence-corrected chi connectivity index (χ1v) is 7.73. The van der Waals surface area contributed by atoms with Crippen molar-refractivity contribution in [2.45, 2.75) is 38.6 Å². The van der Waals surface area contributed by atoms with Crippen molar-refractivity contribution < 1.29 is 9.59 Å². The molecule has 0 aliphatic carbocycles. The zero-order valence-electron chi connectivity index (χ0n) is 12.7. The fourth-order valence-corrected chi connectivity index (χ4v) is 2.87. The monoisotopic (exact) mass is 288 g/mol. The van der Waals surface area contributed by atoms with Gasteiger partial charge in [0.2, 0.25) is 5.91 Å². The molecule has 1 aromatic carbocycles. The van der Waals surface area contributed by atoms with Crippen molar-refractivity contribution in [1.82, 2.24) is 10.2 Å². The molecule has 114 valence electrons. The van der Waals surface area contributed by atoms with E-state index in [-0.39, 0.29) is 17.7 Å². The van der Waals surface area contributed by atoms with Gasteiger partial charge in [0.15, 0.2) is 5.78 Å². The molecule has 1 saturated heterocycles. The van der Waals surface area contributed by atoms with Gasteiger partial charge in [-0.25, -0.2) is 0 Å². The lowest BCUT2D eigenvalue weighted by Gasteiger charge is -2.22. The summed E-state index contributed by atoms with van der Waals surface area (Å²) in [6.07, 6.45) is 3.78. The molecule has 4 heteroatoms. The Bertz CT molecular complexity index is 473. The first-order chi connectivity index (χ1) is 10.2. The third-order valence-electron chi connectivity index (χ3n) is 3.99. The minimum atomic E-state index is -0.205. The van der Waals surface area contributed by atoms with Gasteiger partial charge in [0.25, 0.3) is 0 Å². The maximum atomic E-state index is 12.1. The Kier molecular flexibility index (Phi) is 5.93. The Morgan fingerprint density at radius 2 is 2.05 bits per heavy atom. The van der Waals surface area contributed by atoms with Crippen molar-refractivity contribution in [1.29, 1.82) is 0 Å². The van der Waals surface area contributed by atoms with Gasteiger partial charge < -0.3 is 10.2 Å². The van der Waals surface area contributed by atoms with Gasteiger partial charge in [-0.05, 0) is 37.8 Å². The van der Waals surface area contributed by atoms with Gasteiger partial charge >= 0.3 is 0 Å². The minimum absolute atomic E-state index is 0.00919. The highest BCUT2D eigenvalue weighted by Crippen LogP contribution is 2.17. The summed E-state index contributed by atoms with van der Waals surface area (Å²) in [4.78, 5) is 25.3. The number of aryl methyl sites for hydroxylation is 1. The molecule has 1 N–H and O–H groups in total. The standard InChI is InChI=1S/C17H24N2O2/c1-14(20)19-12-6-10-16(19)17(21)13-18-11-5-9-15-7-3-2-4-8-15/h2-4,7-8,16,18H,5-6,9-13H2,1H3/t16-/m0/s1. The van der Waals surface area contributed by atoms with Crippen molar-refractivity contribution in [3.8, 4) is 0 Å². The number of nitrogens with zero attached hydrogens (tertiary/aromatic N) is 1. The van der Waals surface area contributed by atoms with Crippen LogP contribution < -0.4 is 5.32 Å². The van der Waals surface area contributed by atoms with E-state index in [4.69, 9.17) is 0 Å². The fourth-order valence-electron chi connectivity index (χ4n) is 2.87. The zero-order valence-corrected chi connectivity index (χ0v) is 12.7. The minimum Gasteiger partial charge on any atom is -0.333 e. The molecule has 0 bridgehead atoms. The van der Waals surface area contributed by atoms with E-state index in [9.17, 15) is 9.59 Å². The Morgan fingerprint density at radius 3 is 2.76 bits per heavy atom. The Labute approximate surface area is 126 Å². The number of ketones is 1. The second-order valence-corrected chi connectivity index (χ2v) is 5.60. The summed E-state index contributed by atoms with van der Waals surface area (Å²) < 4.78 is 0. The van der Waals surface area contributed by atoms with Gasteiger partial charge in [-0.15, -0.1) is 0 Å². The first-order valence-electron chi connectivity index (χ1n) is 7.73. The number of amides is 1. The predicted molar refractivity (Wildman–Crippen MR) is 83.0 cm³/mol. The second kappa shape index (κ2) is 7.93. The van der Waals surface area contributed by atoms with Crippen LogP contribution in [0.2, 0.25) is 0 Å².